The second-order valence-corrected chi connectivity index (χ2v) is 21.4. The molecule has 1 fully saturated rings. The molecule has 0 spiro atoms. The fourth-order valence-electron chi connectivity index (χ4n) is 3.73. The van der Waals surface area contributed by atoms with Crippen molar-refractivity contribution in [3.05, 3.63) is 22.7 Å². The quantitative estimate of drug-likeness (QED) is 0.461. The Balaban J connectivity index is 2.58. The van der Waals surface area contributed by atoms with Gasteiger partial charge < -0.3 is 23.7 Å². The highest BCUT2D eigenvalue weighted by Gasteiger charge is 2.53. The molecule has 1 aromatic rings. The van der Waals surface area contributed by atoms with E-state index >= 15 is 0 Å². The van der Waals surface area contributed by atoms with Gasteiger partial charge in [0.1, 0.15) is 24.1 Å². The summed E-state index contributed by atoms with van der Waals surface area (Å²) < 4.78 is 28.1. The van der Waals surface area contributed by atoms with Crippen LogP contribution < -0.4 is 11.4 Å². The lowest BCUT2D eigenvalue weighted by atomic mass is 10.0. The Morgan fingerprint density at radius 2 is 1.69 bits per heavy atom. The summed E-state index contributed by atoms with van der Waals surface area (Å²) in [5, 5.41) is 0. The summed E-state index contributed by atoms with van der Waals surface area (Å²) in [6.45, 7) is 19.5. The number of hydrogen-bond acceptors (Lipinski definition) is 7. The predicted molar refractivity (Wildman–Crippen MR) is 137 cm³/mol. The normalized spacial score (nSPS) is 25.4. The minimum atomic E-state index is -2.02. The Hall–Kier alpha value is -0.829. The van der Waals surface area contributed by atoms with Gasteiger partial charge in [0.15, 0.2) is 31.9 Å². The van der Waals surface area contributed by atoms with Crippen molar-refractivity contribution in [2.75, 3.05) is 5.73 Å². The highest BCUT2D eigenvalue weighted by molar-refractivity contribution is 6.71. The Morgan fingerprint density at radius 1 is 1.12 bits per heavy atom. The van der Waals surface area contributed by atoms with Crippen molar-refractivity contribution >= 4 is 31.5 Å². The Labute approximate surface area is 196 Å². The van der Waals surface area contributed by atoms with Crippen LogP contribution in [0.25, 0.3) is 0 Å². The summed E-state index contributed by atoms with van der Waals surface area (Å²) in [5.74, 6) is 0.189. The molecule has 0 bridgehead atoms. The first-order valence-electron chi connectivity index (χ1n) is 11.8. The van der Waals surface area contributed by atoms with Crippen LogP contribution >= 0.6 is 0 Å². The van der Waals surface area contributed by atoms with Crippen molar-refractivity contribution in [3.8, 4) is 0 Å². The molecule has 184 valence electrons. The van der Waals surface area contributed by atoms with Crippen molar-refractivity contribution < 1.29 is 18.0 Å². The second-order valence-electron chi connectivity index (χ2n) is 10.1. The molecule has 1 aliphatic heterocycles. The molecule has 0 aromatic carbocycles. The lowest BCUT2D eigenvalue weighted by Gasteiger charge is -2.37. The largest absolute Gasteiger partial charge is 0.415 e. The fourth-order valence-corrected chi connectivity index (χ4v) is 7.10. The molecule has 2 rings (SSSR count). The number of nitrogen functional groups attached to an aromatic ring is 1. The van der Waals surface area contributed by atoms with Gasteiger partial charge in [0.05, 0.1) is 6.10 Å². The van der Waals surface area contributed by atoms with E-state index in [1.807, 2.05) is 0 Å². The lowest BCUT2D eigenvalue weighted by Crippen LogP contribution is -2.51. The predicted octanol–water partition coefficient (Wildman–Crippen LogP) is 3.72. The van der Waals surface area contributed by atoms with Crippen molar-refractivity contribution in [3.63, 3.8) is 0 Å². The molecule has 0 amide bonds. The molecule has 0 aliphatic carbocycles. The lowest BCUT2D eigenvalue weighted by molar-refractivity contribution is -0.0776. The third kappa shape index (κ3) is 6.84. The highest BCUT2D eigenvalue weighted by atomic mass is 28.4. The van der Waals surface area contributed by atoms with Crippen molar-refractivity contribution in [1.29, 1.82) is 0 Å². The maximum absolute atomic E-state index is 12.8. The second kappa shape index (κ2) is 11.1. The molecule has 0 saturated carbocycles. The van der Waals surface area contributed by atoms with E-state index < -0.39 is 43.7 Å². The first-order chi connectivity index (χ1) is 14.8. The number of hydrogen-bond donors (Lipinski definition) is 1. The van der Waals surface area contributed by atoms with Crippen LogP contribution in [0.5, 0.6) is 0 Å². The number of anilines is 1. The maximum atomic E-state index is 12.8. The molecule has 8 nitrogen and oxygen atoms in total. The number of aromatic nitrogens is 2. The van der Waals surface area contributed by atoms with Crippen LogP contribution in [0.15, 0.2) is 17.1 Å². The number of nitrogens with two attached hydrogens (primary N) is 1. The molecule has 5 unspecified atom stereocenters. The average Bonchev–Trinajstić information content (AvgIpc) is 3.02. The van der Waals surface area contributed by atoms with E-state index in [0.29, 0.717) is 0 Å². The summed E-state index contributed by atoms with van der Waals surface area (Å²) in [6, 6.07) is 3.54. The van der Waals surface area contributed by atoms with Gasteiger partial charge in [-0.2, -0.15) is 4.98 Å². The molecule has 1 aliphatic rings. The van der Waals surface area contributed by atoms with Crippen LogP contribution in [-0.2, 0) is 18.0 Å². The van der Waals surface area contributed by atoms with E-state index in [-0.39, 0.29) is 24.1 Å². The Morgan fingerprint density at radius 3 is 2.16 bits per heavy atom. The molecule has 5 atom stereocenters. The van der Waals surface area contributed by atoms with Crippen LogP contribution in [0.3, 0.4) is 0 Å². The average molecular weight is 502 g/mol. The number of rotatable bonds is 11. The van der Waals surface area contributed by atoms with Gasteiger partial charge >= 0.3 is 5.69 Å². The number of nitrogens with zero attached hydrogens (tertiary/aromatic N) is 2. The Kier molecular flexibility index (Phi) is 9.48. The summed E-state index contributed by atoms with van der Waals surface area (Å²) in [5.41, 5.74) is 5.29. The maximum Gasteiger partial charge on any atom is 0.351 e. The van der Waals surface area contributed by atoms with E-state index in [4.69, 9.17) is 23.7 Å². The molecule has 1 aromatic heterocycles. The molecule has 2 N–H and O–H groups in total. The highest BCUT2D eigenvalue weighted by Crippen LogP contribution is 2.39. The van der Waals surface area contributed by atoms with Gasteiger partial charge in [-0.1, -0.05) is 20.8 Å². The van der Waals surface area contributed by atoms with Gasteiger partial charge in [0, 0.05) is 6.20 Å². The van der Waals surface area contributed by atoms with Crippen LogP contribution in [0, 0.1) is 0 Å². The monoisotopic (exact) mass is 501 g/mol. The molecular formula is C21H43N3O5Si3. The van der Waals surface area contributed by atoms with Gasteiger partial charge in [0.2, 0.25) is 0 Å². The van der Waals surface area contributed by atoms with Gasteiger partial charge in [-0.05, 0) is 63.9 Å². The topological polar surface area (TPSA) is 97.8 Å². The summed E-state index contributed by atoms with van der Waals surface area (Å²) in [7, 11) is -5.31. The zero-order valence-corrected chi connectivity index (χ0v) is 24.4. The zero-order valence-electron chi connectivity index (χ0n) is 21.3. The molecule has 11 heteroatoms. The van der Waals surface area contributed by atoms with Crippen LogP contribution in [-0.4, -0.2) is 59.6 Å². The molecule has 2 heterocycles. The van der Waals surface area contributed by atoms with Crippen molar-refractivity contribution in [2.45, 2.75) is 109 Å². The van der Waals surface area contributed by atoms with Gasteiger partial charge in [-0.15, -0.1) is 0 Å². The minimum Gasteiger partial charge on any atom is -0.415 e. The van der Waals surface area contributed by atoms with Gasteiger partial charge in [-0.3, -0.25) is 4.57 Å². The van der Waals surface area contributed by atoms with Gasteiger partial charge in [0.25, 0.3) is 0 Å². The molecule has 32 heavy (non-hydrogen) atoms. The first kappa shape index (κ1) is 27.4. The Bertz CT molecular complexity index is 805. The standard InChI is InChI=1S/C21H43N3O5Si3/c1-10-15(27-30(4)5)17-18(28-31(6,7)11-2)19(29-32(8,9)12-3)20(26-17)24-14-13-16(22)23-21(24)25/h13-15,17-20,30H,10-12H2,1-9H3,(H2,22,23,25). The SMILES string of the molecule is CCC(O[SiH](C)C)C1OC(n2ccc(N)nc2=O)C(O[Si](C)(C)CC)C1O[Si](C)(C)CC. The smallest absolute Gasteiger partial charge is 0.351 e. The molecular weight excluding hydrogens is 459 g/mol. The summed E-state index contributed by atoms with van der Waals surface area (Å²) in [4.78, 5) is 16.7. The van der Waals surface area contributed by atoms with Crippen LogP contribution in [0.1, 0.15) is 33.4 Å². The van der Waals surface area contributed by atoms with Crippen molar-refractivity contribution in [1.82, 2.24) is 9.55 Å². The third-order valence-corrected chi connectivity index (χ3v) is 12.3. The minimum absolute atomic E-state index is 0.117. The summed E-state index contributed by atoms with van der Waals surface area (Å²) >= 11 is 0. The van der Waals surface area contributed by atoms with Crippen LogP contribution in [0.2, 0.25) is 51.4 Å². The first-order valence-corrected chi connectivity index (χ1v) is 20.9. The van der Waals surface area contributed by atoms with E-state index in [0.717, 1.165) is 18.5 Å². The fraction of sp³-hybridized carbons (Fsp3) is 0.810. The zero-order chi connectivity index (χ0) is 24.3. The van der Waals surface area contributed by atoms with E-state index in [9.17, 15) is 4.79 Å². The van der Waals surface area contributed by atoms with E-state index in [1.54, 1.807) is 12.3 Å². The third-order valence-electron chi connectivity index (χ3n) is 6.18. The van der Waals surface area contributed by atoms with Crippen molar-refractivity contribution in [2.24, 2.45) is 0 Å². The molecule has 1 saturated heterocycles. The van der Waals surface area contributed by atoms with E-state index in [2.05, 4.69) is 65.0 Å². The van der Waals surface area contributed by atoms with Crippen LogP contribution in [0.4, 0.5) is 5.82 Å². The number of ether oxygens (including phenoxy) is 1. The summed E-state index contributed by atoms with van der Waals surface area (Å²) in [6.07, 6.45) is 0.621. The molecule has 0 radical (unpaired) electrons. The van der Waals surface area contributed by atoms with Gasteiger partial charge in [-0.25, -0.2) is 4.79 Å². The van der Waals surface area contributed by atoms with E-state index in [1.165, 1.54) is 4.57 Å².